The van der Waals surface area contributed by atoms with Crippen LogP contribution in [0.2, 0.25) is 0 Å². The second kappa shape index (κ2) is 14.7. The molecule has 0 saturated carbocycles. The van der Waals surface area contributed by atoms with E-state index in [-0.39, 0.29) is 0 Å². The zero-order valence-electron chi connectivity index (χ0n) is 33.7. The van der Waals surface area contributed by atoms with Crippen LogP contribution in [-0.4, -0.2) is 19.1 Å². The molecule has 0 aliphatic carbocycles. The maximum Gasteiger partial charge on any atom is 0.160 e. The van der Waals surface area contributed by atoms with Crippen molar-refractivity contribution >= 4 is 43.6 Å². The molecule has 0 bridgehead atoms. The van der Waals surface area contributed by atoms with Gasteiger partial charge in [0.1, 0.15) is 0 Å². The van der Waals surface area contributed by atoms with E-state index in [1.807, 2.05) is 12.1 Å². The van der Waals surface area contributed by atoms with Gasteiger partial charge >= 0.3 is 0 Å². The third kappa shape index (κ3) is 6.00. The number of rotatable bonds is 7. The summed E-state index contributed by atoms with van der Waals surface area (Å²) in [6, 6.07) is 82.0. The summed E-state index contributed by atoms with van der Waals surface area (Å²) in [5, 5.41) is 4.93. The van der Waals surface area contributed by atoms with Gasteiger partial charge in [0.2, 0.25) is 0 Å². The van der Waals surface area contributed by atoms with Gasteiger partial charge in [-0.1, -0.05) is 182 Å². The molecule has 4 nitrogen and oxygen atoms in total. The molecular formula is C58H38N4. The summed E-state index contributed by atoms with van der Waals surface area (Å²) in [4.78, 5) is 10.4. The lowest BCUT2D eigenvalue weighted by atomic mass is 10.0. The topological polar surface area (TPSA) is 35.6 Å². The third-order valence-corrected chi connectivity index (χ3v) is 12.2. The van der Waals surface area contributed by atoms with E-state index in [4.69, 9.17) is 9.97 Å². The fourth-order valence-electron chi connectivity index (χ4n) is 9.19. The highest BCUT2D eigenvalue weighted by molar-refractivity contribution is 6.26. The minimum Gasteiger partial charge on any atom is -0.309 e. The van der Waals surface area contributed by atoms with Gasteiger partial charge in [-0.15, -0.1) is 0 Å². The van der Waals surface area contributed by atoms with Crippen LogP contribution in [-0.2, 0) is 0 Å². The molecule has 0 atom stereocenters. The summed E-state index contributed by atoms with van der Waals surface area (Å²) in [7, 11) is 0. The Kier molecular flexibility index (Phi) is 8.46. The monoisotopic (exact) mass is 790 g/mol. The lowest BCUT2D eigenvalue weighted by molar-refractivity contribution is 1.17. The molecule has 0 unspecified atom stereocenters. The Morgan fingerprint density at radius 1 is 0.274 bits per heavy atom. The number of fused-ring (bicyclic) bond motifs is 7. The second-order valence-electron chi connectivity index (χ2n) is 15.8. The average molecular weight is 791 g/mol. The zero-order valence-corrected chi connectivity index (χ0v) is 33.7. The predicted molar refractivity (Wildman–Crippen MR) is 258 cm³/mol. The van der Waals surface area contributed by atoms with Crippen molar-refractivity contribution in [1.29, 1.82) is 0 Å². The fourth-order valence-corrected chi connectivity index (χ4v) is 9.19. The quantitative estimate of drug-likeness (QED) is 0.161. The van der Waals surface area contributed by atoms with Gasteiger partial charge in [-0.3, -0.25) is 0 Å². The minimum absolute atomic E-state index is 0.688. The van der Waals surface area contributed by atoms with Crippen molar-refractivity contribution in [1.82, 2.24) is 19.1 Å². The van der Waals surface area contributed by atoms with Gasteiger partial charge in [-0.2, -0.15) is 0 Å². The summed E-state index contributed by atoms with van der Waals surface area (Å²) in [5.41, 5.74) is 16.4. The Balaban J connectivity index is 1.01. The van der Waals surface area contributed by atoms with Crippen LogP contribution in [0.1, 0.15) is 0 Å². The summed E-state index contributed by atoms with van der Waals surface area (Å²) < 4.78 is 4.84. The Bertz CT molecular complexity index is 3470. The Hall–Kier alpha value is -8.34. The first-order chi connectivity index (χ1) is 30.7. The van der Waals surface area contributed by atoms with E-state index < -0.39 is 0 Å². The van der Waals surface area contributed by atoms with Crippen LogP contribution < -0.4 is 0 Å². The smallest absolute Gasteiger partial charge is 0.160 e. The second-order valence-corrected chi connectivity index (χ2v) is 15.8. The Morgan fingerprint density at radius 2 is 0.710 bits per heavy atom. The van der Waals surface area contributed by atoms with Crippen molar-refractivity contribution in [3.8, 4) is 67.5 Å². The molecule has 3 aromatic heterocycles. The normalized spacial score (nSPS) is 11.5. The molecule has 0 spiro atoms. The molecule has 290 valence electrons. The van der Waals surface area contributed by atoms with Crippen LogP contribution in [0.15, 0.2) is 231 Å². The molecular weight excluding hydrogens is 753 g/mol. The Morgan fingerprint density at radius 3 is 1.31 bits per heavy atom. The van der Waals surface area contributed by atoms with Crippen molar-refractivity contribution < 1.29 is 0 Å². The van der Waals surface area contributed by atoms with E-state index in [0.29, 0.717) is 5.82 Å². The number of benzene rings is 9. The van der Waals surface area contributed by atoms with E-state index in [2.05, 4.69) is 228 Å². The van der Waals surface area contributed by atoms with Crippen LogP contribution >= 0.6 is 0 Å². The van der Waals surface area contributed by atoms with Crippen LogP contribution in [0, 0.1) is 0 Å². The van der Waals surface area contributed by atoms with Gasteiger partial charge in [-0.05, 0) is 70.8 Å². The Labute approximate surface area is 359 Å². The highest BCUT2D eigenvalue weighted by Crippen LogP contribution is 2.42. The average Bonchev–Trinajstić information content (AvgIpc) is 3.88. The van der Waals surface area contributed by atoms with E-state index in [1.165, 1.54) is 60.3 Å². The van der Waals surface area contributed by atoms with Gasteiger partial charge in [0, 0.05) is 49.6 Å². The van der Waals surface area contributed by atoms with Gasteiger partial charge in [-0.25, -0.2) is 9.97 Å². The number of nitrogens with zero attached hydrogens (tertiary/aromatic N) is 4. The molecule has 62 heavy (non-hydrogen) atoms. The first-order valence-corrected chi connectivity index (χ1v) is 21.1. The fraction of sp³-hybridized carbons (Fsp3) is 0. The standard InChI is InChI=1S/C58H38N4/c1-4-14-39(15-5-1)41-24-28-43(29-25-41)51-38-52(60-58(59-51)45-30-26-42(27-31-45)40-16-6-2-7-17-40)44-32-34-47(35-33-44)62-53-22-12-10-20-48(53)49-36-37-55-56(57(49)62)50-21-11-13-23-54(50)61(55)46-18-8-3-9-19-46/h1-38H. The summed E-state index contributed by atoms with van der Waals surface area (Å²) in [6.45, 7) is 0. The van der Waals surface area contributed by atoms with E-state index in [0.717, 1.165) is 45.0 Å². The molecule has 4 heteroatoms. The lowest BCUT2D eigenvalue weighted by Gasteiger charge is -2.13. The molecule has 12 rings (SSSR count). The molecule has 0 aliphatic rings. The van der Waals surface area contributed by atoms with Crippen LogP contribution in [0.25, 0.3) is 111 Å². The number of hydrogen-bond acceptors (Lipinski definition) is 2. The van der Waals surface area contributed by atoms with Crippen LogP contribution in [0.4, 0.5) is 0 Å². The molecule has 0 fully saturated rings. The predicted octanol–water partition coefficient (Wildman–Crippen LogP) is 15.0. The molecule has 0 amide bonds. The molecule has 0 N–H and O–H groups in total. The third-order valence-electron chi connectivity index (χ3n) is 12.2. The van der Waals surface area contributed by atoms with Crippen molar-refractivity contribution in [3.63, 3.8) is 0 Å². The first kappa shape index (κ1) is 35.6. The summed E-state index contributed by atoms with van der Waals surface area (Å²) >= 11 is 0. The number of hydrogen-bond donors (Lipinski definition) is 0. The first-order valence-electron chi connectivity index (χ1n) is 21.1. The zero-order chi connectivity index (χ0) is 41.0. The largest absolute Gasteiger partial charge is 0.309 e. The van der Waals surface area contributed by atoms with Gasteiger partial charge in [0.05, 0.1) is 33.5 Å². The van der Waals surface area contributed by atoms with E-state index in [9.17, 15) is 0 Å². The van der Waals surface area contributed by atoms with Crippen molar-refractivity contribution in [3.05, 3.63) is 231 Å². The van der Waals surface area contributed by atoms with Gasteiger partial charge < -0.3 is 9.13 Å². The lowest BCUT2D eigenvalue weighted by Crippen LogP contribution is -1.97. The molecule has 0 saturated heterocycles. The van der Waals surface area contributed by atoms with Gasteiger partial charge in [0.25, 0.3) is 0 Å². The molecule has 0 radical (unpaired) electrons. The van der Waals surface area contributed by atoms with Crippen LogP contribution in [0.5, 0.6) is 0 Å². The molecule has 0 aliphatic heterocycles. The van der Waals surface area contributed by atoms with E-state index in [1.54, 1.807) is 0 Å². The highest BCUT2D eigenvalue weighted by atomic mass is 15.0. The number of para-hydroxylation sites is 3. The number of aromatic nitrogens is 4. The van der Waals surface area contributed by atoms with Crippen LogP contribution in [0.3, 0.4) is 0 Å². The molecule has 12 aromatic rings. The summed E-state index contributed by atoms with van der Waals surface area (Å²) in [5.74, 6) is 0.688. The van der Waals surface area contributed by atoms with Crippen molar-refractivity contribution in [2.45, 2.75) is 0 Å². The van der Waals surface area contributed by atoms with Crippen molar-refractivity contribution in [2.24, 2.45) is 0 Å². The summed E-state index contributed by atoms with van der Waals surface area (Å²) in [6.07, 6.45) is 0. The highest BCUT2D eigenvalue weighted by Gasteiger charge is 2.21. The van der Waals surface area contributed by atoms with Crippen molar-refractivity contribution in [2.75, 3.05) is 0 Å². The maximum atomic E-state index is 5.25. The van der Waals surface area contributed by atoms with E-state index >= 15 is 0 Å². The maximum absolute atomic E-state index is 5.25. The van der Waals surface area contributed by atoms with Gasteiger partial charge in [0.15, 0.2) is 5.82 Å². The SMILES string of the molecule is c1ccc(-c2ccc(-c3cc(-c4ccc(-n5c6ccccc6c6ccc7c(c8ccccc8n7-c7ccccc7)c65)cc4)nc(-c4ccc(-c5ccccc5)cc4)n3)cc2)cc1. The minimum atomic E-state index is 0.688. The molecule has 9 aromatic carbocycles. The molecule has 3 heterocycles.